The molecular formula is C7H13BO2. The molecule has 0 aromatic carbocycles. The van der Waals surface area contributed by atoms with Crippen LogP contribution in [0.25, 0.3) is 0 Å². The zero-order chi connectivity index (χ0) is 7.23. The molecule has 0 saturated carbocycles. The molecule has 10 heavy (non-hydrogen) atoms. The summed E-state index contributed by atoms with van der Waals surface area (Å²) < 4.78 is 10.4. The molecular weight excluding hydrogens is 127 g/mol. The first kappa shape index (κ1) is 7.83. The smallest absolute Gasteiger partial charge is 0.405 e. The Morgan fingerprint density at radius 2 is 2.10 bits per heavy atom. The van der Waals surface area contributed by atoms with Gasteiger partial charge >= 0.3 is 7.12 Å². The largest absolute Gasteiger partial charge is 0.485 e. The van der Waals surface area contributed by atoms with E-state index in [1.807, 2.05) is 5.98 Å². The van der Waals surface area contributed by atoms with Crippen molar-refractivity contribution < 1.29 is 9.31 Å². The fourth-order valence-electron chi connectivity index (χ4n) is 0.862. The topological polar surface area (TPSA) is 18.5 Å². The van der Waals surface area contributed by atoms with Gasteiger partial charge in [0.1, 0.15) is 0 Å². The zero-order valence-electron chi connectivity index (χ0n) is 6.38. The summed E-state index contributed by atoms with van der Waals surface area (Å²) in [6, 6.07) is 0. The molecule has 0 spiro atoms. The Balaban J connectivity index is 2.10. The lowest BCUT2D eigenvalue weighted by Crippen LogP contribution is -2.09. The molecule has 0 bridgehead atoms. The Morgan fingerprint density at radius 3 is 2.70 bits per heavy atom. The predicted molar refractivity (Wildman–Crippen MR) is 41.7 cm³/mol. The Labute approximate surface area is 62.4 Å². The summed E-state index contributed by atoms with van der Waals surface area (Å²) in [6.45, 7) is 3.63. The van der Waals surface area contributed by atoms with Crippen LogP contribution in [0.1, 0.15) is 19.8 Å². The van der Waals surface area contributed by atoms with Gasteiger partial charge in [-0.3, -0.25) is 0 Å². The molecule has 2 nitrogen and oxygen atoms in total. The fourth-order valence-corrected chi connectivity index (χ4v) is 0.862. The normalized spacial score (nSPS) is 19.1. The van der Waals surface area contributed by atoms with E-state index < -0.39 is 0 Å². The van der Waals surface area contributed by atoms with Crippen molar-refractivity contribution in [1.82, 2.24) is 0 Å². The lowest BCUT2D eigenvalue weighted by Gasteiger charge is -1.93. The molecule has 0 amide bonds. The highest BCUT2D eigenvalue weighted by Gasteiger charge is 2.18. The molecule has 1 heterocycles. The third kappa shape index (κ3) is 2.54. The van der Waals surface area contributed by atoms with Crippen LogP contribution in [-0.2, 0) is 9.31 Å². The zero-order valence-corrected chi connectivity index (χ0v) is 6.38. The highest BCUT2D eigenvalue weighted by molar-refractivity contribution is 6.51. The van der Waals surface area contributed by atoms with Crippen LogP contribution >= 0.6 is 0 Å². The van der Waals surface area contributed by atoms with E-state index in [0.717, 1.165) is 19.6 Å². The minimum atomic E-state index is -0.0634. The number of allylic oxidation sites excluding steroid dienone is 1. The summed E-state index contributed by atoms with van der Waals surface area (Å²) in [4.78, 5) is 0. The minimum Gasteiger partial charge on any atom is -0.405 e. The van der Waals surface area contributed by atoms with Gasteiger partial charge in [0.15, 0.2) is 0 Å². The molecule has 0 aromatic heterocycles. The number of hydrogen-bond acceptors (Lipinski definition) is 2. The monoisotopic (exact) mass is 140 g/mol. The van der Waals surface area contributed by atoms with Crippen molar-refractivity contribution in [3.8, 4) is 0 Å². The Kier molecular flexibility index (Phi) is 3.54. The molecule has 0 unspecified atom stereocenters. The van der Waals surface area contributed by atoms with Crippen molar-refractivity contribution in [2.24, 2.45) is 0 Å². The predicted octanol–water partition coefficient (Wildman–Crippen LogP) is 1.42. The van der Waals surface area contributed by atoms with Crippen LogP contribution in [0.15, 0.2) is 12.1 Å². The summed E-state index contributed by atoms with van der Waals surface area (Å²) in [6.07, 6.45) is 4.41. The van der Waals surface area contributed by atoms with Crippen molar-refractivity contribution in [3.63, 3.8) is 0 Å². The molecule has 1 saturated heterocycles. The first-order chi connectivity index (χ1) is 4.93. The Hall–Kier alpha value is -0.275. The van der Waals surface area contributed by atoms with Crippen molar-refractivity contribution in [3.05, 3.63) is 12.1 Å². The molecule has 1 aliphatic rings. The molecule has 56 valence electrons. The molecule has 1 rings (SSSR count). The third-order valence-electron chi connectivity index (χ3n) is 1.40. The third-order valence-corrected chi connectivity index (χ3v) is 1.40. The van der Waals surface area contributed by atoms with Gasteiger partial charge in [-0.25, -0.2) is 0 Å². The summed E-state index contributed by atoms with van der Waals surface area (Å²) in [5.74, 6) is 1.98. The fraction of sp³-hybridized carbons (Fsp3) is 0.714. The molecule has 0 aliphatic carbocycles. The average Bonchev–Trinajstić information content (AvgIpc) is 2.41. The standard InChI is InChI=1S/C7H13BO2/c1-2-3-4-5-8-9-6-7-10-8/h4-5H,2-3,6-7H2,1H3/b5-4+. The van der Waals surface area contributed by atoms with Crippen molar-refractivity contribution in [1.29, 1.82) is 0 Å². The van der Waals surface area contributed by atoms with Gasteiger partial charge in [0.2, 0.25) is 0 Å². The Morgan fingerprint density at radius 1 is 1.40 bits per heavy atom. The van der Waals surface area contributed by atoms with Gasteiger partial charge in [0.05, 0.1) is 13.2 Å². The second-order valence-electron chi connectivity index (χ2n) is 2.33. The second kappa shape index (κ2) is 4.53. The van der Waals surface area contributed by atoms with Crippen LogP contribution in [0, 0.1) is 0 Å². The Bertz CT molecular complexity index is 108. The summed E-state index contributed by atoms with van der Waals surface area (Å²) in [5.41, 5.74) is 0. The number of unbranched alkanes of at least 4 members (excludes halogenated alkanes) is 1. The van der Waals surface area contributed by atoms with Gasteiger partial charge in [-0.1, -0.05) is 25.4 Å². The van der Waals surface area contributed by atoms with Gasteiger partial charge < -0.3 is 9.31 Å². The molecule has 0 atom stereocenters. The van der Waals surface area contributed by atoms with Crippen LogP contribution in [0.2, 0.25) is 0 Å². The van der Waals surface area contributed by atoms with Crippen molar-refractivity contribution in [2.75, 3.05) is 13.2 Å². The van der Waals surface area contributed by atoms with E-state index in [1.165, 1.54) is 6.42 Å². The lowest BCUT2D eigenvalue weighted by molar-refractivity contribution is 0.365. The van der Waals surface area contributed by atoms with E-state index >= 15 is 0 Å². The van der Waals surface area contributed by atoms with Gasteiger partial charge in [-0.15, -0.1) is 0 Å². The van der Waals surface area contributed by atoms with Crippen molar-refractivity contribution in [2.45, 2.75) is 19.8 Å². The van der Waals surface area contributed by atoms with E-state index in [2.05, 4.69) is 13.0 Å². The maximum absolute atomic E-state index is 5.19. The van der Waals surface area contributed by atoms with E-state index in [-0.39, 0.29) is 7.12 Å². The molecule has 0 N–H and O–H groups in total. The van der Waals surface area contributed by atoms with E-state index in [4.69, 9.17) is 9.31 Å². The summed E-state index contributed by atoms with van der Waals surface area (Å²) in [5, 5.41) is 0. The van der Waals surface area contributed by atoms with E-state index in [9.17, 15) is 0 Å². The number of hydrogen-bond donors (Lipinski definition) is 0. The van der Waals surface area contributed by atoms with Gasteiger partial charge in [0, 0.05) is 0 Å². The van der Waals surface area contributed by atoms with Crippen molar-refractivity contribution >= 4 is 7.12 Å². The number of rotatable bonds is 3. The SMILES string of the molecule is CCC/C=C/B1OCCO1. The van der Waals surface area contributed by atoms with E-state index in [1.54, 1.807) is 0 Å². The minimum absolute atomic E-state index is 0.0634. The van der Waals surface area contributed by atoms with Crippen LogP contribution in [0.3, 0.4) is 0 Å². The van der Waals surface area contributed by atoms with E-state index in [0.29, 0.717) is 0 Å². The first-order valence-electron chi connectivity index (χ1n) is 3.83. The maximum Gasteiger partial charge on any atom is 0.485 e. The average molecular weight is 140 g/mol. The molecule has 0 aromatic rings. The van der Waals surface area contributed by atoms with Crippen LogP contribution in [0.4, 0.5) is 0 Å². The van der Waals surface area contributed by atoms with Gasteiger partial charge in [-0.2, -0.15) is 0 Å². The molecule has 3 heteroatoms. The molecule has 1 aliphatic heterocycles. The van der Waals surface area contributed by atoms with Crippen LogP contribution in [0.5, 0.6) is 0 Å². The summed E-state index contributed by atoms with van der Waals surface area (Å²) in [7, 11) is -0.0634. The lowest BCUT2D eigenvalue weighted by atomic mass is 9.90. The first-order valence-corrected chi connectivity index (χ1v) is 3.83. The van der Waals surface area contributed by atoms with Crippen LogP contribution < -0.4 is 0 Å². The second-order valence-corrected chi connectivity index (χ2v) is 2.33. The highest BCUT2D eigenvalue weighted by atomic mass is 16.6. The highest BCUT2D eigenvalue weighted by Crippen LogP contribution is 2.01. The maximum atomic E-state index is 5.19. The molecule has 0 radical (unpaired) electrons. The van der Waals surface area contributed by atoms with Crippen LogP contribution in [-0.4, -0.2) is 20.3 Å². The van der Waals surface area contributed by atoms with Gasteiger partial charge in [-0.05, 0) is 6.42 Å². The quantitative estimate of drug-likeness (QED) is 0.552. The summed E-state index contributed by atoms with van der Waals surface area (Å²) >= 11 is 0. The molecule has 1 fully saturated rings. The van der Waals surface area contributed by atoms with Gasteiger partial charge in [0.25, 0.3) is 0 Å².